The van der Waals surface area contributed by atoms with E-state index in [-0.39, 0.29) is 23.8 Å². The molecule has 0 bridgehead atoms. The first kappa shape index (κ1) is 16.8. The van der Waals surface area contributed by atoms with Crippen LogP contribution in [0.1, 0.15) is 48.0 Å². The van der Waals surface area contributed by atoms with Gasteiger partial charge in [-0.25, -0.2) is 4.79 Å². The summed E-state index contributed by atoms with van der Waals surface area (Å²) in [5.74, 6) is -0.0868. The summed E-state index contributed by atoms with van der Waals surface area (Å²) >= 11 is 0. The van der Waals surface area contributed by atoms with E-state index in [1.165, 1.54) is 0 Å². The lowest BCUT2D eigenvalue weighted by Gasteiger charge is -2.34. The van der Waals surface area contributed by atoms with Crippen molar-refractivity contribution in [3.63, 3.8) is 0 Å². The maximum absolute atomic E-state index is 12.1. The van der Waals surface area contributed by atoms with Gasteiger partial charge in [0.1, 0.15) is 5.60 Å². The number of carbonyl (C=O) groups excluding carboxylic acids is 1. The van der Waals surface area contributed by atoms with E-state index in [9.17, 15) is 9.90 Å². The number of rotatable bonds is 5. The molecule has 0 saturated carbocycles. The number of nitrogens with zero attached hydrogens (tertiary/aromatic N) is 1. The highest BCUT2D eigenvalue weighted by Crippen LogP contribution is 2.19. The van der Waals surface area contributed by atoms with Crippen molar-refractivity contribution in [1.82, 2.24) is 4.90 Å². The zero-order chi connectivity index (χ0) is 14.5. The van der Waals surface area contributed by atoms with Crippen molar-refractivity contribution in [1.29, 1.82) is 0 Å². The second-order valence-electron chi connectivity index (χ2n) is 5.69. The Kier molecular flexibility index (Phi) is 6.22. The maximum Gasteiger partial charge on any atom is 0.410 e. The smallest absolute Gasteiger partial charge is 0.410 e. The Morgan fingerprint density at radius 2 is 1.89 bits per heavy atom. The van der Waals surface area contributed by atoms with Crippen molar-refractivity contribution in [2.45, 2.75) is 59.6 Å². The van der Waals surface area contributed by atoms with Crippen molar-refractivity contribution >= 4 is 6.09 Å². The standard InChI is InChI=1S/C14H27NO3/c1-8-9-15(11(3)10(2)12(4)16)13(17)18-14(5,6)7/h10-11,16H,4,8-9H2,1-3,5-7H3/t10-,11-/m0/s1. The van der Waals surface area contributed by atoms with Gasteiger partial charge in [-0.3, -0.25) is 0 Å². The predicted molar refractivity (Wildman–Crippen MR) is 73.6 cm³/mol. The molecule has 0 radical (unpaired) electrons. The van der Waals surface area contributed by atoms with Gasteiger partial charge in [-0.2, -0.15) is 0 Å². The summed E-state index contributed by atoms with van der Waals surface area (Å²) in [7, 11) is 0. The van der Waals surface area contributed by atoms with Crippen LogP contribution >= 0.6 is 0 Å². The van der Waals surface area contributed by atoms with E-state index in [2.05, 4.69) is 6.58 Å². The highest BCUT2D eigenvalue weighted by atomic mass is 16.6. The molecule has 0 aliphatic carbocycles. The lowest BCUT2D eigenvalue weighted by molar-refractivity contribution is 0.0125. The Morgan fingerprint density at radius 1 is 1.39 bits per heavy atom. The molecule has 2 atom stereocenters. The minimum Gasteiger partial charge on any atom is -0.513 e. The highest BCUT2D eigenvalue weighted by molar-refractivity contribution is 5.68. The summed E-state index contributed by atoms with van der Waals surface area (Å²) < 4.78 is 5.38. The minimum atomic E-state index is -0.512. The van der Waals surface area contributed by atoms with Crippen LogP contribution in [-0.2, 0) is 4.74 Å². The zero-order valence-electron chi connectivity index (χ0n) is 12.5. The van der Waals surface area contributed by atoms with Gasteiger partial charge in [0.15, 0.2) is 0 Å². The van der Waals surface area contributed by atoms with Crippen molar-refractivity contribution in [2.75, 3.05) is 6.54 Å². The summed E-state index contributed by atoms with van der Waals surface area (Å²) in [5.41, 5.74) is -0.512. The molecule has 1 amide bonds. The lowest BCUT2D eigenvalue weighted by Crippen LogP contribution is -2.45. The average Bonchev–Trinajstić information content (AvgIpc) is 2.21. The molecule has 0 spiro atoms. The Bertz CT molecular complexity index is 294. The summed E-state index contributed by atoms with van der Waals surface area (Å²) in [6, 6.07) is -0.141. The minimum absolute atomic E-state index is 0.0900. The zero-order valence-corrected chi connectivity index (χ0v) is 12.5. The van der Waals surface area contributed by atoms with Crippen LogP contribution in [0.15, 0.2) is 12.3 Å². The van der Waals surface area contributed by atoms with E-state index in [1.54, 1.807) is 4.90 Å². The van der Waals surface area contributed by atoms with Crippen molar-refractivity contribution in [3.8, 4) is 0 Å². The highest BCUT2D eigenvalue weighted by Gasteiger charge is 2.29. The molecule has 0 saturated heterocycles. The predicted octanol–water partition coefficient (Wildman–Crippen LogP) is 3.73. The number of aliphatic hydroxyl groups excluding tert-OH is 1. The van der Waals surface area contributed by atoms with E-state index in [0.29, 0.717) is 6.54 Å². The number of aliphatic hydroxyl groups is 1. The molecule has 0 aromatic carbocycles. The molecule has 4 heteroatoms. The van der Waals surface area contributed by atoms with Gasteiger partial charge >= 0.3 is 6.09 Å². The van der Waals surface area contributed by atoms with Crippen LogP contribution in [0.2, 0.25) is 0 Å². The van der Waals surface area contributed by atoms with E-state index in [4.69, 9.17) is 4.74 Å². The Morgan fingerprint density at radius 3 is 2.22 bits per heavy atom. The molecule has 0 heterocycles. The molecule has 4 nitrogen and oxygen atoms in total. The summed E-state index contributed by atoms with van der Waals surface area (Å²) in [5, 5.41) is 9.45. The van der Waals surface area contributed by atoms with Gasteiger partial charge in [-0.1, -0.05) is 20.4 Å². The largest absolute Gasteiger partial charge is 0.513 e. The average molecular weight is 257 g/mol. The van der Waals surface area contributed by atoms with Gasteiger partial charge in [-0.05, 0) is 34.1 Å². The monoisotopic (exact) mass is 257 g/mol. The van der Waals surface area contributed by atoms with Gasteiger partial charge in [0.2, 0.25) is 0 Å². The third kappa shape index (κ3) is 5.43. The Labute approximate surface area is 111 Å². The molecule has 0 fully saturated rings. The van der Waals surface area contributed by atoms with E-state index >= 15 is 0 Å². The van der Waals surface area contributed by atoms with Crippen LogP contribution in [0.4, 0.5) is 4.79 Å². The summed E-state index contributed by atoms with van der Waals surface area (Å²) in [6.07, 6.45) is 0.499. The van der Waals surface area contributed by atoms with Crippen LogP contribution < -0.4 is 0 Å². The first-order valence-electron chi connectivity index (χ1n) is 6.47. The van der Waals surface area contributed by atoms with Crippen molar-refractivity contribution in [3.05, 3.63) is 12.3 Å². The summed E-state index contributed by atoms with van der Waals surface area (Å²) in [6.45, 7) is 15.4. The van der Waals surface area contributed by atoms with E-state index in [0.717, 1.165) is 6.42 Å². The van der Waals surface area contributed by atoms with Crippen LogP contribution in [0.3, 0.4) is 0 Å². The molecule has 106 valence electrons. The quantitative estimate of drug-likeness (QED) is 0.763. The normalized spacial score (nSPS) is 14.8. The molecule has 0 aliphatic heterocycles. The van der Waals surface area contributed by atoms with Gasteiger partial charge in [0, 0.05) is 18.5 Å². The maximum atomic E-state index is 12.1. The van der Waals surface area contributed by atoms with Crippen LogP contribution in [0.5, 0.6) is 0 Å². The number of hydrogen-bond donors (Lipinski definition) is 1. The fourth-order valence-electron chi connectivity index (χ4n) is 1.57. The fraction of sp³-hybridized carbons (Fsp3) is 0.786. The second-order valence-corrected chi connectivity index (χ2v) is 5.69. The fourth-order valence-corrected chi connectivity index (χ4v) is 1.57. The van der Waals surface area contributed by atoms with Crippen LogP contribution in [-0.4, -0.2) is 34.3 Å². The van der Waals surface area contributed by atoms with E-state index in [1.807, 2.05) is 41.5 Å². The first-order chi connectivity index (χ1) is 8.10. The third-order valence-electron chi connectivity index (χ3n) is 2.83. The second kappa shape index (κ2) is 6.66. The van der Waals surface area contributed by atoms with Gasteiger partial charge in [-0.15, -0.1) is 0 Å². The number of amides is 1. The van der Waals surface area contributed by atoms with Crippen molar-refractivity contribution in [2.24, 2.45) is 5.92 Å². The molecule has 1 N–H and O–H groups in total. The summed E-state index contributed by atoms with van der Waals surface area (Å²) in [4.78, 5) is 13.8. The van der Waals surface area contributed by atoms with E-state index < -0.39 is 5.60 Å². The molecule has 0 aromatic heterocycles. The molecule has 18 heavy (non-hydrogen) atoms. The van der Waals surface area contributed by atoms with Crippen molar-refractivity contribution < 1.29 is 14.6 Å². The van der Waals surface area contributed by atoms with Gasteiger partial charge < -0.3 is 14.7 Å². The van der Waals surface area contributed by atoms with Gasteiger partial charge in [0.25, 0.3) is 0 Å². The molecular weight excluding hydrogens is 230 g/mol. The van der Waals surface area contributed by atoms with Crippen LogP contribution in [0.25, 0.3) is 0 Å². The van der Waals surface area contributed by atoms with Gasteiger partial charge in [0.05, 0.1) is 5.76 Å². The molecular formula is C14H27NO3. The molecule has 0 rings (SSSR count). The SMILES string of the molecule is C=C(O)[C@@H](C)[C@H](C)N(CCC)C(=O)OC(C)(C)C. The third-order valence-corrected chi connectivity index (χ3v) is 2.83. The van der Waals surface area contributed by atoms with Crippen LogP contribution in [0, 0.1) is 5.92 Å². The number of hydrogen-bond acceptors (Lipinski definition) is 3. The molecule has 0 aliphatic rings. The lowest BCUT2D eigenvalue weighted by atomic mass is 10.0. The number of carbonyl (C=O) groups is 1. The number of ether oxygens (including phenoxy) is 1. The Balaban J connectivity index is 4.84. The molecule has 0 unspecified atom stereocenters. The first-order valence-corrected chi connectivity index (χ1v) is 6.47. The Hall–Kier alpha value is -1.19. The molecule has 0 aromatic rings. The topological polar surface area (TPSA) is 49.8 Å².